The van der Waals surface area contributed by atoms with E-state index in [1.54, 1.807) is 0 Å². The first kappa shape index (κ1) is 15.3. The van der Waals surface area contributed by atoms with Crippen LogP contribution in [-0.2, 0) is 6.54 Å². The molecule has 0 amide bonds. The third-order valence-corrected chi connectivity index (χ3v) is 4.23. The number of nitrogens with zero attached hydrogens (tertiary/aromatic N) is 3. The number of pyridine rings is 1. The zero-order chi connectivity index (χ0) is 14.5. The highest BCUT2D eigenvalue weighted by molar-refractivity contribution is 5.53. The maximum absolute atomic E-state index is 4.44. The Balaban J connectivity index is 2.10. The van der Waals surface area contributed by atoms with Gasteiger partial charge in [-0.05, 0) is 46.0 Å². The zero-order valence-electron chi connectivity index (χ0n) is 13.3. The molecule has 1 atom stereocenters. The topological polar surface area (TPSA) is 31.4 Å². The first-order chi connectivity index (χ1) is 9.61. The Morgan fingerprint density at radius 3 is 2.95 bits per heavy atom. The van der Waals surface area contributed by atoms with Crippen molar-refractivity contribution in [3.63, 3.8) is 0 Å². The molecule has 1 aliphatic heterocycles. The Kier molecular flexibility index (Phi) is 5.38. The molecule has 0 spiro atoms. The standard InChI is InChI=1S/C16H28N4/c1-5-17-10-14-11-18-13(2)9-16(14)20(4)12-15-7-6-8-19(15)3/h9,11,15,17H,5-8,10,12H2,1-4H3. The number of anilines is 1. The van der Waals surface area contributed by atoms with Gasteiger partial charge in [-0.2, -0.15) is 0 Å². The molecule has 0 aromatic carbocycles. The minimum Gasteiger partial charge on any atom is -0.373 e. The fourth-order valence-corrected chi connectivity index (χ4v) is 2.95. The number of aryl methyl sites for hydroxylation is 1. The lowest BCUT2D eigenvalue weighted by atomic mass is 10.1. The summed E-state index contributed by atoms with van der Waals surface area (Å²) in [5, 5.41) is 3.40. The lowest BCUT2D eigenvalue weighted by molar-refractivity contribution is 0.314. The van der Waals surface area contributed by atoms with E-state index in [0.717, 1.165) is 25.3 Å². The summed E-state index contributed by atoms with van der Waals surface area (Å²) in [6.07, 6.45) is 4.66. The molecule has 2 heterocycles. The van der Waals surface area contributed by atoms with E-state index in [9.17, 15) is 0 Å². The molecule has 0 bridgehead atoms. The lowest BCUT2D eigenvalue weighted by Gasteiger charge is -2.29. The van der Waals surface area contributed by atoms with E-state index >= 15 is 0 Å². The second-order valence-corrected chi connectivity index (χ2v) is 5.89. The van der Waals surface area contributed by atoms with E-state index < -0.39 is 0 Å². The van der Waals surface area contributed by atoms with Gasteiger partial charge in [-0.25, -0.2) is 0 Å². The number of aromatic nitrogens is 1. The van der Waals surface area contributed by atoms with Crippen LogP contribution in [0.1, 0.15) is 31.0 Å². The summed E-state index contributed by atoms with van der Waals surface area (Å²) in [6.45, 7) is 8.41. The maximum Gasteiger partial charge on any atom is 0.0443 e. The Bertz CT molecular complexity index is 432. The molecule has 1 unspecified atom stereocenters. The van der Waals surface area contributed by atoms with Crippen molar-refractivity contribution in [2.45, 2.75) is 39.3 Å². The molecule has 1 aromatic heterocycles. The second-order valence-electron chi connectivity index (χ2n) is 5.89. The number of rotatable bonds is 6. The monoisotopic (exact) mass is 276 g/mol. The quantitative estimate of drug-likeness (QED) is 0.861. The summed E-state index contributed by atoms with van der Waals surface area (Å²) in [5.74, 6) is 0. The SMILES string of the molecule is CCNCc1cnc(C)cc1N(C)CC1CCCN1C. The molecule has 1 N–H and O–H groups in total. The Labute approximate surface area is 123 Å². The average Bonchev–Trinajstić information content (AvgIpc) is 2.83. The van der Waals surface area contributed by atoms with E-state index in [2.05, 4.69) is 54.1 Å². The minimum atomic E-state index is 0.681. The van der Waals surface area contributed by atoms with E-state index in [4.69, 9.17) is 0 Å². The van der Waals surface area contributed by atoms with Gasteiger partial charge in [0.1, 0.15) is 0 Å². The van der Waals surface area contributed by atoms with Crippen LogP contribution in [0.25, 0.3) is 0 Å². The van der Waals surface area contributed by atoms with Crippen molar-refractivity contribution in [1.29, 1.82) is 0 Å². The Morgan fingerprint density at radius 1 is 1.50 bits per heavy atom. The summed E-state index contributed by atoms with van der Waals surface area (Å²) in [7, 11) is 4.44. The second kappa shape index (κ2) is 7.04. The van der Waals surface area contributed by atoms with Crippen LogP contribution in [0.15, 0.2) is 12.3 Å². The molecule has 4 heteroatoms. The number of hydrogen-bond donors (Lipinski definition) is 1. The summed E-state index contributed by atoms with van der Waals surface area (Å²) in [5.41, 5.74) is 3.70. The van der Waals surface area contributed by atoms with Crippen LogP contribution in [0.5, 0.6) is 0 Å². The molecule has 0 saturated carbocycles. The normalized spacial score (nSPS) is 19.5. The molecule has 112 valence electrons. The molecule has 0 aliphatic carbocycles. The molecular formula is C16H28N4. The van der Waals surface area contributed by atoms with Gasteiger partial charge in [-0.15, -0.1) is 0 Å². The zero-order valence-corrected chi connectivity index (χ0v) is 13.3. The molecule has 0 radical (unpaired) electrons. The molecule has 1 aromatic rings. The van der Waals surface area contributed by atoms with Crippen LogP contribution in [0, 0.1) is 6.92 Å². The molecule has 1 aliphatic rings. The van der Waals surface area contributed by atoms with Gasteiger partial charge in [0, 0.05) is 49.3 Å². The number of likely N-dealkylation sites (tertiary alicyclic amines) is 1. The van der Waals surface area contributed by atoms with Crippen LogP contribution in [0.3, 0.4) is 0 Å². The van der Waals surface area contributed by atoms with E-state index in [1.165, 1.54) is 30.6 Å². The van der Waals surface area contributed by atoms with E-state index in [1.807, 2.05) is 6.20 Å². The number of nitrogens with one attached hydrogen (secondary N) is 1. The summed E-state index contributed by atoms with van der Waals surface area (Å²) >= 11 is 0. The van der Waals surface area contributed by atoms with Crippen LogP contribution in [0.2, 0.25) is 0 Å². The molecular weight excluding hydrogens is 248 g/mol. The van der Waals surface area contributed by atoms with Crippen molar-refractivity contribution in [2.75, 3.05) is 38.6 Å². The van der Waals surface area contributed by atoms with Gasteiger partial charge in [0.05, 0.1) is 0 Å². The van der Waals surface area contributed by atoms with Crippen molar-refractivity contribution >= 4 is 5.69 Å². The van der Waals surface area contributed by atoms with Crippen molar-refractivity contribution in [1.82, 2.24) is 15.2 Å². The smallest absolute Gasteiger partial charge is 0.0443 e. The molecule has 2 rings (SSSR count). The third-order valence-electron chi connectivity index (χ3n) is 4.23. The molecule has 1 saturated heterocycles. The molecule has 4 nitrogen and oxygen atoms in total. The first-order valence-electron chi connectivity index (χ1n) is 7.69. The predicted octanol–water partition coefficient (Wildman–Crippen LogP) is 2.03. The van der Waals surface area contributed by atoms with Crippen LogP contribution < -0.4 is 10.2 Å². The maximum atomic E-state index is 4.44. The van der Waals surface area contributed by atoms with Crippen LogP contribution in [0.4, 0.5) is 5.69 Å². The van der Waals surface area contributed by atoms with Crippen molar-refractivity contribution in [3.8, 4) is 0 Å². The van der Waals surface area contributed by atoms with Crippen molar-refractivity contribution < 1.29 is 0 Å². The lowest BCUT2D eigenvalue weighted by Crippen LogP contribution is -2.37. The average molecular weight is 276 g/mol. The largest absolute Gasteiger partial charge is 0.373 e. The summed E-state index contributed by atoms with van der Waals surface area (Å²) in [6, 6.07) is 2.89. The van der Waals surface area contributed by atoms with Crippen molar-refractivity contribution in [3.05, 3.63) is 23.5 Å². The van der Waals surface area contributed by atoms with Gasteiger partial charge >= 0.3 is 0 Å². The van der Waals surface area contributed by atoms with Crippen molar-refractivity contribution in [2.24, 2.45) is 0 Å². The fraction of sp³-hybridized carbons (Fsp3) is 0.688. The highest BCUT2D eigenvalue weighted by Gasteiger charge is 2.23. The van der Waals surface area contributed by atoms with Gasteiger partial charge in [0.15, 0.2) is 0 Å². The van der Waals surface area contributed by atoms with Gasteiger partial charge in [-0.3, -0.25) is 4.98 Å². The van der Waals surface area contributed by atoms with E-state index in [-0.39, 0.29) is 0 Å². The minimum absolute atomic E-state index is 0.681. The van der Waals surface area contributed by atoms with E-state index in [0.29, 0.717) is 6.04 Å². The Hall–Kier alpha value is -1.13. The molecule has 1 fully saturated rings. The van der Waals surface area contributed by atoms with Crippen LogP contribution >= 0.6 is 0 Å². The van der Waals surface area contributed by atoms with Gasteiger partial charge in [-0.1, -0.05) is 6.92 Å². The Morgan fingerprint density at radius 2 is 2.30 bits per heavy atom. The van der Waals surface area contributed by atoms with Gasteiger partial charge in [0.25, 0.3) is 0 Å². The van der Waals surface area contributed by atoms with Gasteiger partial charge in [0.2, 0.25) is 0 Å². The van der Waals surface area contributed by atoms with Crippen LogP contribution in [-0.4, -0.2) is 49.7 Å². The fourth-order valence-electron chi connectivity index (χ4n) is 2.95. The number of likely N-dealkylation sites (N-methyl/N-ethyl adjacent to an activating group) is 2. The third kappa shape index (κ3) is 3.70. The summed E-state index contributed by atoms with van der Waals surface area (Å²) < 4.78 is 0. The number of hydrogen-bond acceptors (Lipinski definition) is 4. The summed E-state index contributed by atoms with van der Waals surface area (Å²) in [4.78, 5) is 9.32. The predicted molar refractivity (Wildman–Crippen MR) is 85.3 cm³/mol. The van der Waals surface area contributed by atoms with Gasteiger partial charge < -0.3 is 15.1 Å². The highest BCUT2D eigenvalue weighted by atomic mass is 15.2. The first-order valence-corrected chi connectivity index (χ1v) is 7.69. The highest BCUT2D eigenvalue weighted by Crippen LogP contribution is 2.23. The molecule has 20 heavy (non-hydrogen) atoms.